The number of likely N-dealkylation sites (tertiary alicyclic amines) is 1. The Balaban J connectivity index is 2.04. The maximum atomic E-state index is 14.3. The second kappa shape index (κ2) is 12.2. The van der Waals surface area contributed by atoms with Gasteiger partial charge in [0.25, 0.3) is 0 Å². The Bertz CT molecular complexity index is 848. The van der Waals surface area contributed by atoms with Crippen molar-refractivity contribution in [3.63, 3.8) is 0 Å². The molecule has 2 amide bonds. The van der Waals surface area contributed by atoms with Gasteiger partial charge >= 0.3 is 5.97 Å². The molecule has 7 atom stereocenters. The van der Waals surface area contributed by atoms with Crippen LogP contribution in [0.3, 0.4) is 0 Å². The minimum atomic E-state index is -0.727. The molecule has 36 heavy (non-hydrogen) atoms. The minimum Gasteiger partial charge on any atom is -0.465 e. The lowest BCUT2D eigenvalue weighted by atomic mass is 9.66. The first kappa shape index (κ1) is 28.8. The van der Waals surface area contributed by atoms with E-state index in [4.69, 9.17) is 4.74 Å². The number of carbonyl (C=O) groups excluding carboxylic acids is 3. The number of nitrogens with zero attached hydrogens (tertiary/aromatic N) is 2. The van der Waals surface area contributed by atoms with Crippen molar-refractivity contribution in [2.75, 3.05) is 26.3 Å². The average molecular weight is 521 g/mol. The van der Waals surface area contributed by atoms with E-state index in [1.807, 2.05) is 13.8 Å². The zero-order valence-corrected chi connectivity index (χ0v) is 23.2. The number of allylic oxidation sites excluding steroid dienone is 1. The van der Waals surface area contributed by atoms with E-state index in [1.54, 1.807) is 33.7 Å². The molecule has 2 bridgehead atoms. The van der Waals surface area contributed by atoms with Crippen LogP contribution in [-0.2, 0) is 19.1 Å². The van der Waals surface area contributed by atoms with Crippen LogP contribution in [0, 0.1) is 23.7 Å². The number of amides is 2. The summed E-state index contributed by atoms with van der Waals surface area (Å²) < 4.78 is 4.93. The van der Waals surface area contributed by atoms with Gasteiger partial charge in [0.2, 0.25) is 11.8 Å². The van der Waals surface area contributed by atoms with E-state index in [1.165, 1.54) is 0 Å². The van der Waals surface area contributed by atoms with Crippen molar-refractivity contribution < 1.29 is 24.2 Å². The maximum absolute atomic E-state index is 14.3. The summed E-state index contributed by atoms with van der Waals surface area (Å²) in [5.41, 5.74) is 0. The molecule has 1 N–H and O–H groups in total. The van der Waals surface area contributed by atoms with Crippen LogP contribution < -0.4 is 0 Å². The number of ether oxygens (including phenoxy) is 1. The smallest absolute Gasteiger partial charge is 0.310 e. The summed E-state index contributed by atoms with van der Waals surface area (Å²) >= 11 is 1.65. The van der Waals surface area contributed by atoms with E-state index < -0.39 is 28.7 Å². The molecule has 0 aliphatic carbocycles. The molecule has 3 saturated heterocycles. The molecule has 8 heteroatoms. The van der Waals surface area contributed by atoms with Gasteiger partial charge in [0, 0.05) is 18.3 Å². The Morgan fingerprint density at radius 3 is 2.61 bits per heavy atom. The van der Waals surface area contributed by atoms with E-state index in [9.17, 15) is 19.5 Å². The third-order valence-corrected chi connectivity index (χ3v) is 10.3. The molecule has 0 aromatic rings. The van der Waals surface area contributed by atoms with Crippen molar-refractivity contribution in [3.8, 4) is 0 Å². The number of rotatable bonds is 14. The first-order chi connectivity index (χ1) is 17.2. The van der Waals surface area contributed by atoms with Gasteiger partial charge in [-0.05, 0) is 37.5 Å². The van der Waals surface area contributed by atoms with Crippen molar-refractivity contribution in [2.45, 2.75) is 81.9 Å². The van der Waals surface area contributed by atoms with Gasteiger partial charge in [0.15, 0.2) is 0 Å². The minimum absolute atomic E-state index is 0.0465. The number of fused-ring (bicyclic) bond motifs is 1. The molecule has 3 aliphatic rings. The Kier molecular flexibility index (Phi) is 9.72. The van der Waals surface area contributed by atoms with Gasteiger partial charge in [0.05, 0.1) is 35.8 Å². The van der Waals surface area contributed by atoms with Gasteiger partial charge in [-0.2, -0.15) is 0 Å². The van der Waals surface area contributed by atoms with E-state index in [-0.39, 0.29) is 41.5 Å². The molecule has 3 heterocycles. The first-order valence-electron chi connectivity index (χ1n) is 13.5. The largest absolute Gasteiger partial charge is 0.465 e. The standard InChI is InChI=1S/C28H44N2O5S/c1-7-10-12-15-35-27(34)22-21-16-19(6)28(36-21)23(22)25(32)30(20(17-31)18(4)5)24(28)26(33)29(13-9-3)14-11-8-2/h7,9,18-24,31H,1,3,8,10-17H2,2,4-6H3/t19?,20-,21-,22+,23-,24?,28?/m0/s1. The molecular weight excluding hydrogens is 476 g/mol. The normalized spacial score (nSPS) is 31.4. The number of thioether (sulfide) groups is 1. The van der Waals surface area contributed by atoms with Gasteiger partial charge in [-0.25, -0.2) is 0 Å². The van der Waals surface area contributed by atoms with Gasteiger partial charge < -0.3 is 19.6 Å². The van der Waals surface area contributed by atoms with Gasteiger partial charge in [0.1, 0.15) is 6.04 Å². The highest BCUT2D eigenvalue weighted by atomic mass is 32.2. The Morgan fingerprint density at radius 1 is 1.31 bits per heavy atom. The molecule has 3 unspecified atom stereocenters. The van der Waals surface area contributed by atoms with Crippen LogP contribution in [0.15, 0.2) is 25.3 Å². The molecule has 0 aromatic heterocycles. The summed E-state index contributed by atoms with van der Waals surface area (Å²) in [5, 5.41) is 10.3. The lowest BCUT2D eigenvalue weighted by Gasteiger charge is -2.42. The van der Waals surface area contributed by atoms with Gasteiger partial charge in [-0.1, -0.05) is 46.3 Å². The fraction of sp³-hybridized carbons (Fsp3) is 0.750. The molecule has 3 rings (SSSR count). The summed E-state index contributed by atoms with van der Waals surface area (Å²) in [5.74, 6) is -1.79. The third-order valence-electron chi connectivity index (χ3n) is 8.24. The van der Waals surface area contributed by atoms with Crippen LogP contribution in [0.5, 0.6) is 0 Å². The maximum Gasteiger partial charge on any atom is 0.310 e. The lowest BCUT2D eigenvalue weighted by molar-refractivity contribution is -0.155. The Morgan fingerprint density at radius 2 is 2.03 bits per heavy atom. The monoisotopic (exact) mass is 520 g/mol. The Labute approximate surface area is 220 Å². The summed E-state index contributed by atoms with van der Waals surface area (Å²) in [6.07, 6.45) is 7.53. The summed E-state index contributed by atoms with van der Waals surface area (Å²) in [7, 11) is 0. The summed E-state index contributed by atoms with van der Waals surface area (Å²) in [4.78, 5) is 45.3. The SMILES string of the molecule is C=CCCCOC(=O)[C@@H]1[C@@H]2CC(C)C3(S2)C(C(=O)N(CC=C)CCCC)N([C@@H](CO)C(C)C)C(=O)[C@H]13. The fourth-order valence-corrected chi connectivity index (χ4v) is 8.84. The number of aliphatic hydroxyl groups excluding tert-OH is 1. The highest BCUT2D eigenvalue weighted by molar-refractivity contribution is 8.02. The molecule has 0 aromatic carbocycles. The highest BCUT2D eigenvalue weighted by Gasteiger charge is 2.77. The van der Waals surface area contributed by atoms with Crippen molar-refractivity contribution in [1.29, 1.82) is 0 Å². The number of hydrogen-bond donors (Lipinski definition) is 1. The van der Waals surface area contributed by atoms with E-state index in [2.05, 4.69) is 27.0 Å². The average Bonchev–Trinajstić information content (AvgIpc) is 3.43. The van der Waals surface area contributed by atoms with E-state index in [0.717, 1.165) is 25.7 Å². The Hall–Kier alpha value is -1.80. The van der Waals surface area contributed by atoms with Crippen LogP contribution in [0.4, 0.5) is 0 Å². The van der Waals surface area contributed by atoms with Crippen LogP contribution in [0.25, 0.3) is 0 Å². The van der Waals surface area contributed by atoms with Crippen molar-refractivity contribution in [2.24, 2.45) is 23.7 Å². The van der Waals surface area contributed by atoms with E-state index >= 15 is 0 Å². The second-order valence-corrected chi connectivity index (χ2v) is 12.4. The third kappa shape index (κ3) is 4.87. The van der Waals surface area contributed by atoms with Crippen molar-refractivity contribution in [3.05, 3.63) is 25.3 Å². The number of aliphatic hydroxyl groups is 1. The fourth-order valence-electron chi connectivity index (χ4n) is 6.45. The van der Waals surface area contributed by atoms with Gasteiger partial charge in [-0.3, -0.25) is 14.4 Å². The molecule has 1 spiro atoms. The lowest BCUT2D eigenvalue weighted by Crippen LogP contribution is -2.60. The molecule has 202 valence electrons. The van der Waals surface area contributed by atoms with Crippen LogP contribution in [-0.4, -0.2) is 81.1 Å². The van der Waals surface area contributed by atoms with Gasteiger partial charge in [-0.15, -0.1) is 24.9 Å². The summed E-state index contributed by atoms with van der Waals surface area (Å²) in [6.45, 7) is 16.7. The summed E-state index contributed by atoms with van der Waals surface area (Å²) in [6, 6.07) is -1.23. The highest BCUT2D eigenvalue weighted by Crippen LogP contribution is 2.69. The number of carbonyl (C=O) groups is 3. The zero-order chi connectivity index (χ0) is 26.6. The van der Waals surface area contributed by atoms with Crippen molar-refractivity contribution >= 4 is 29.5 Å². The predicted molar refractivity (Wildman–Crippen MR) is 143 cm³/mol. The number of esters is 1. The topological polar surface area (TPSA) is 87.2 Å². The molecule has 7 nitrogen and oxygen atoms in total. The van der Waals surface area contributed by atoms with Crippen LogP contribution in [0.1, 0.15) is 59.8 Å². The number of unbranched alkanes of at least 4 members (excludes halogenated alkanes) is 2. The van der Waals surface area contributed by atoms with Crippen molar-refractivity contribution in [1.82, 2.24) is 9.80 Å². The first-order valence-corrected chi connectivity index (χ1v) is 14.4. The molecule has 0 saturated carbocycles. The molecular formula is C28H44N2O5S. The zero-order valence-electron chi connectivity index (χ0n) is 22.4. The van der Waals surface area contributed by atoms with Crippen LogP contribution in [0.2, 0.25) is 0 Å². The van der Waals surface area contributed by atoms with Crippen LogP contribution >= 0.6 is 11.8 Å². The second-order valence-electron chi connectivity index (χ2n) is 10.8. The molecule has 0 radical (unpaired) electrons. The number of hydrogen-bond acceptors (Lipinski definition) is 6. The molecule has 3 aliphatic heterocycles. The molecule has 3 fully saturated rings. The quantitative estimate of drug-likeness (QED) is 0.214. The predicted octanol–water partition coefficient (Wildman–Crippen LogP) is 3.66. The van der Waals surface area contributed by atoms with E-state index in [0.29, 0.717) is 26.1 Å².